The maximum Gasteiger partial charge on any atom is 0.162 e. The van der Waals surface area contributed by atoms with Crippen molar-refractivity contribution >= 4 is 44.6 Å². The van der Waals surface area contributed by atoms with Crippen LogP contribution in [0.15, 0.2) is 218 Å². The van der Waals surface area contributed by atoms with Crippen LogP contribution in [0.3, 0.4) is 0 Å². The van der Waals surface area contributed by atoms with E-state index in [-0.39, 0.29) is 65.6 Å². The van der Waals surface area contributed by atoms with Gasteiger partial charge >= 0.3 is 0 Å². The number of fused-ring (bicyclic) bond motifs is 4. The van der Waals surface area contributed by atoms with E-state index in [2.05, 4.69) is 115 Å². The molecule has 0 spiro atoms. The standard InChI is InChI=1S/C75H64N7O.Pt/c1-73(2,3)53-38-34-51(35-39-53)70-77-71(52-36-40-54(41-37-52)74(4,5)6)79-72(78-70)62-46-61-60-27-16-17-30-63(60)82(68-33-20-21-42-76-68)66(61)47-67(62)83-57-44-55(75(7,8)9)43-56(45-57)80-48-81(65-32-19-18-31-64(65)80)69-58(49-23-12-10-13-24-49)28-22-29-59(69)50-25-14-11-15-26-50;/h10-44,46,48H,1-9H3;/q-3;/i10D,11D,12D,13D,14D,15D,23D,24D,25D,26D;. The molecule has 4 heterocycles. The Bertz CT molecular complexity index is 4780. The van der Waals surface area contributed by atoms with E-state index in [1.165, 1.54) is 0 Å². The summed E-state index contributed by atoms with van der Waals surface area (Å²) >= 11 is 0. The fourth-order valence-electron chi connectivity index (χ4n) is 10.6. The number of hydrogen-bond acceptors (Lipinski definition) is 7. The minimum Gasteiger partial charge on any atom is -0.508 e. The normalized spacial score (nSPS) is 14.3. The number of hydrogen-bond donors (Lipinski definition) is 0. The molecule has 3 aromatic heterocycles. The summed E-state index contributed by atoms with van der Waals surface area (Å²) in [5.74, 6) is 2.47. The quantitative estimate of drug-likeness (QED) is 0.126. The van der Waals surface area contributed by atoms with Crippen molar-refractivity contribution in [1.82, 2.24) is 24.5 Å². The molecule has 0 radical (unpaired) electrons. The minimum atomic E-state index is -0.583. The first-order valence-corrected chi connectivity index (χ1v) is 27.6. The molecule has 0 aliphatic carbocycles. The molecule has 12 aromatic rings. The van der Waals surface area contributed by atoms with E-state index in [0.29, 0.717) is 57.2 Å². The molecule has 0 atom stereocenters. The Morgan fingerprint density at radius 3 is 1.57 bits per heavy atom. The molecule has 84 heavy (non-hydrogen) atoms. The van der Waals surface area contributed by atoms with Crippen LogP contribution < -0.4 is 14.5 Å². The Morgan fingerprint density at radius 1 is 0.476 bits per heavy atom. The van der Waals surface area contributed by atoms with Gasteiger partial charge in [0.05, 0.1) is 13.7 Å². The number of pyridine rings is 1. The van der Waals surface area contributed by atoms with Gasteiger partial charge in [0.25, 0.3) is 0 Å². The van der Waals surface area contributed by atoms with Crippen LogP contribution in [0.5, 0.6) is 11.5 Å². The monoisotopic (exact) mass is 1280 g/mol. The summed E-state index contributed by atoms with van der Waals surface area (Å²) in [4.78, 5) is 24.3. The number of anilines is 4. The van der Waals surface area contributed by atoms with E-state index in [1.807, 2.05) is 102 Å². The summed E-state index contributed by atoms with van der Waals surface area (Å²) in [5, 5.41) is 1.78. The summed E-state index contributed by atoms with van der Waals surface area (Å²) < 4.78 is 98.6. The van der Waals surface area contributed by atoms with Gasteiger partial charge in [0, 0.05) is 83.6 Å². The van der Waals surface area contributed by atoms with Crippen LogP contribution in [0.1, 0.15) is 92.7 Å². The van der Waals surface area contributed by atoms with Gasteiger partial charge < -0.3 is 19.1 Å². The molecular weight excluding hydrogens is 1210 g/mol. The molecule has 9 heteroatoms. The van der Waals surface area contributed by atoms with Gasteiger partial charge in [0.15, 0.2) is 11.6 Å². The Morgan fingerprint density at radius 2 is 1.01 bits per heavy atom. The van der Waals surface area contributed by atoms with Gasteiger partial charge in [0.1, 0.15) is 11.6 Å². The van der Waals surface area contributed by atoms with Crippen LogP contribution in [-0.4, -0.2) is 24.5 Å². The topological polar surface area (TPSA) is 72.2 Å². The third-order valence-electron chi connectivity index (χ3n) is 15.1. The first-order valence-electron chi connectivity index (χ1n) is 32.6. The maximum atomic E-state index is 9.25. The van der Waals surface area contributed by atoms with E-state index in [0.717, 1.165) is 44.1 Å². The zero-order chi connectivity index (χ0) is 65.9. The fourth-order valence-corrected chi connectivity index (χ4v) is 10.6. The Balaban J connectivity index is 0.00000848. The predicted molar refractivity (Wildman–Crippen MR) is 341 cm³/mol. The molecule has 13 rings (SSSR count). The SMILES string of the molecule is [2H]c1c([2H])c([2H])c(-c2cccc(-c3c([2H])c([2H])c([2H])c([2H])c3[2H])c2N2[CH-]N(c3[c-]c(Oc4[c-]c5c(cc4-c4nc(-c6ccc(C(C)(C)C)cc6)nc(-c6ccc(C(C)(C)C)cc6)n4)c4ccccc4n5-c4ccccn4)cc(C(C)(C)C)c3)c3ccccc32)c([2H])c1[2H].[Pt]. The first-order chi connectivity index (χ1) is 44.2. The van der Waals surface area contributed by atoms with Crippen LogP contribution in [0, 0.1) is 18.8 Å². The van der Waals surface area contributed by atoms with Crippen molar-refractivity contribution in [1.29, 1.82) is 0 Å². The second kappa shape index (κ2) is 22.0. The van der Waals surface area contributed by atoms with Crippen molar-refractivity contribution in [2.45, 2.75) is 78.6 Å². The summed E-state index contributed by atoms with van der Waals surface area (Å²) in [6, 6.07) is 50.8. The maximum absolute atomic E-state index is 9.25. The largest absolute Gasteiger partial charge is 0.508 e. The number of rotatable bonds is 10. The van der Waals surface area contributed by atoms with Crippen molar-refractivity contribution in [3.63, 3.8) is 0 Å². The average Bonchev–Trinajstić information content (AvgIpc) is 1.30. The number of ether oxygens (including phenoxy) is 1. The fraction of sp³-hybridized carbons (Fsp3) is 0.160. The van der Waals surface area contributed by atoms with Crippen molar-refractivity contribution < 1.29 is 39.5 Å². The van der Waals surface area contributed by atoms with Crippen LogP contribution in [-0.2, 0) is 37.3 Å². The minimum absolute atomic E-state index is 0. The Labute approximate surface area is 521 Å². The van der Waals surface area contributed by atoms with Gasteiger partial charge in [-0.05, 0) is 79.8 Å². The number of nitrogens with zero attached hydrogens (tertiary/aromatic N) is 7. The summed E-state index contributed by atoms with van der Waals surface area (Å²) in [7, 11) is 0. The van der Waals surface area contributed by atoms with Gasteiger partial charge in [-0.15, -0.1) is 53.6 Å². The molecule has 0 unspecified atom stereocenters. The van der Waals surface area contributed by atoms with Gasteiger partial charge in [-0.1, -0.05) is 231 Å². The molecule has 9 aromatic carbocycles. The number of para-hydroxylation sites is 4. The zero-order valence-corrected chi connectivity index (χ0v) is 50.2. The molecule has 8 nitrogen and oxygen atoms in total. The van der Waals surface area contributed by atoms with E-state index in [4.69, 9.17) is 32.9 Å². The van der Waals surface area contributed by atoms with Crippen molar-refractivity contribution in [3.8, 4) is 73.7 Å². The van der Waals surface area contributed by atoms with E-state index in [9.17, 15) is 5.48 Å². The molecule has 418 valence electrons. The van der Waals surface area contributed by atoms with Crippen molar-refractivity contribution in [2.75, 3.05) is 9.80 Å². The van der Waals surface area contributed by atoms with E-state index < -0.39 is 65.8 Å². The van der Waals surface area contributed by atoms with E-state index in [1.54, 1.807) is 36.0 Å². The second-order valence-corrected chi connectivity index (χ2v) is 23.8. The molecule has 0 amide bonds. The van der Waals surface area contributed by atoms with Crippen molar-refractivity contribution in [3.05, 3.63) is 254 Å². The smallest absolute Gasteiger partial charge is 0.162 e. The third-order valence-corrected chi connectivity index (χ3v) is 15.1. The second-order valence-electron chi connectivity index (χ2n) is 23.8. The molecule has 0 N–H and O–H groups in total. The predicted octanol–water partition coefficient (Wildman–Crippen LogP) is 19.4. The number of aromatic nitrogens is 5. The number of benzene rings is 9. The Hall–Kier alpha value is -8.97. The molecule has 0 fully saturated rings. The third kappa shape index (κ3) is 10.6. The van der Waals surface area contributed by atoms with Gasteiger partial charge in [-0.2, -0.15) is 0 Å². The first kappa shape index (κ1) is 44.6. The Kier molecular flexibility index (Phi) is 11.7. The molecule has 1 aliphatic rings. The van der Waals surface area contributed by atoms with Crippen LogP contribution in [0.25, 0.3) is 84.0 Å². The molecule has 0 saturated heterocycles. The van der Waals surface area contributed by atoms with Crippen LogP contribution in [0.4, 0.5) is 22.7 Å². The van der Waals surface area contributed by atoms with Crippen molar-refractivity contribution in [2.24, 2.45) is 0 Å². The summed E-state index contributed by atoms with van der Waals surface area (Å²) in [5.41, 5.74) is 7.99. The van der Waals surface area contributed by atoms with Crippen LogP contribution >= 0.6 is 0 Å². The zero-order valence-electron chi connectivity index (χ0n) is 57.9. The average molecular weight is 1280 g/mol. The summed E-state index contributed by atoms with van der Waals surface area (Å²) in [6.45, 7) is 21.1. The van der Waals surface area contributed by atoms with Crippen LogP contribution in [0.2, 0.25) is 0 Å². The molecule has 1 aliphatic heterocycles. The molecule has 0 saturated carbocycles. The van der Waals surface area contributed by atoms with Gasteiger partial charge in [-0.25, -0.2) is 19.9 Å². The summed E-state index contributed by atoms with van der Waals surface area (Å²) in [6.07, 6.45) is 1.76. The van der Waals surface area contributed by atoms with E-state index >= 15 is 0 Å². The van der Waals surface area contributed by atoms with Gasteiger partial charge in [0.2, 0.25) is 0 Å². The van der Waals surface area contributed by atoms with Gasteiger partial charge in [-0.3, -0.25) is 0 Å². The molecule has 0 bridgehead atoms. The molecular formula is C75H64N7OPt-3.